The number of imide groups is 2. The number of urea groups is 1. The number of carbonyl (C=O) groups excluding carboxylic acids is 5. The maximum atomic E-state index is 13.3. The quantitative estimate of drug-likeness (QED) is 0.278. The van der Waals surface area contributed by atoms with Crippen molar-refractivity contribution in [3.8, 4) is 11.8 Å². The lowest BCUT2D eigenvalue weighted by Gasteiger charge is -2.44. The Kier molecular flexibility index (Phi) is 12.5. The van der Waals surface area contributed by atoms with E-state index in [0.29, 0.717) is 34.0 Å². The minimum absolute atomic E-state index is 0.0232. The van der Waals surface area contributed by atoms with Gasteiger partial charge in [0.2, 0.25) is 5.91 Å². The van der Waals surface area contributed by atoms with Crippen molar-refractivity contribution < 1.29 is 28.7 Å². The molecule has 2 N–H and O–H groups in total. The van der Waals surface area contributed by atoms with Crippen molar-refractivity contribution in [1.29, 1.82) is 5.26 Å². The molecule has 2 aromatic carbocycles. The van der Waals surface area contributed by atoms with E-state index in [-0.39, 0.29) is 42.1 Å². The number of carbonyl (C=O) groups is 5. The molecule has 1 aliphatic carbocycles. The highest BCUT2D eigenvalue weighted by Crippen LogP contribution is 2.32. The van der Waals surface area contributed by atoms with Gasteiger partial charge in [0, 0.05) is 89.2 Å². The molecule has 63 heavy (non-hydrogen) atoms. The number of halogens is 1. The third-order valence-corrected chi connectivity index (χ3v) is 13.9. The average molecular weight is 878 g/mol. The molecule has 17 nitrogen and oxygen atoms in total. The Hall–Kier alpha value is -5.83. The number of hydrogen-bond acceptors (Lipinski definition) is 13. The molecule has 0 atom stereocenters. The van der Waals surface area contributed by atoms with Crippen LogP contribution in [-0.2, 0) is 4.79 Å². The van der Waals surface area contributed by atoms with E-state index in [9.17, 15) is 24.0 Å². The molecule has 1 aromatic heterocycles. The highest BCUT2D eigenvalue weighted by Gasteiger charge is 2.43. The molecule has 6 heterocycles. The molecule has 3 aromatic rings. The zero-order valence-electron chi connectivity index (χ0n) is 35.2. The molecule has 330 valence electrons. The van der Waals surface area contributed by atoms with Crippen molar-refractivity contribution in [3.05, 3.63) is 75.9 Å². The van der Waals surface area contributed by atoms with Gasteiger partial charge in [0.1, 0.15) is 11.8 Å². The average Bonchev–Trinajstić information content (AvgIpc) is 3.55. The van der Waals surface area contributed by atoms with Gasteiger partial charge in [0.25, 0.3) is 17.7 Å². The maximum absolute atomic E-state index is 13.3. The molecule has 9 rings (SSSR count). The van der Waals surface area contributed by atoms with Crippen molar-refractivity contribution >= 4 is 52.8 Å². The molecule has 0 spiro atoms. The Labute approximate surface area is 371 Å². The van der Waals surface area contributed by atoms with Crippen LogP contribution < -0.4 is 25.2 Å². The van der Waals surface area contributed by atoms with Gasteiger partial charge < -0.3 is 24.8 Å². The second kappa shape index (κ2) is 18.5. The zero-order chi connectivity index (χ0) is 43.6. The number of fused-ring (bicyclic) bond motifs is 1. The second-order valence-electron chi connectivity index (χ2n) is 17.5. The topological polar surface area (TPSA) is 188 Å². The van der Waals surface area contributed by atoms with Gasteiger partial charge in [0.15, 0.2) is 11.5 Å². The number of benzene rings is 2. The summed E-state index contributed by atoms with van der Waals surface area (Å²) >= 11 is 6.16. The Morgan fingerprint density at radius 1 is 0.794 bits per heavy atom. The van der Waals surface area contributed by atoms with Gasteiger partial charge in [-0.05, 0) is 99.7 Å². The van der Waals surface area contributed by atoms with Crippen LogP contribution in [0.1, 0.15) is 94.6 Å². The Morgan fingerprint density at radius 3 is 2.21 bits per heavy atom. The number of nitrogens with one attached hydrogen (secondary N) is 2. The number of rotatable bonds is 10. The molecule has 4 saturated heterocycles. The summed E-state index contributed by atoms with van der Waals surface area (Å²) in [6.07, 6.45) is 7.44. The fourth-order valence-corrected chi connectivity index (χ4v) is 10.2. The van der Waals surface area contributed by atoms with E-state index >= 15 is 0 Å². The molecular weight excluding hydrogens is 826 g/mol. The summed E-state index contributed by atoms with van der Waals surface area (Å²) < 4.78 is 6.09. The summed E-state index contributed by atoms with van der Waals surface area (Å²) in [7, 11) is 0. The Balaban J connectivity index is 0.667. The van der Waals surface area contributed by atoms with Gasteiger partial charge in [-0.2, -0.15) is 10.3 Å². The normalized spacial score (nSPS) is 23.1. The van der Waals surface area contributed by atoms with Crippen molar-refractivity contribution in [2.75, 3.05) is 75.2 Å². The first-order valence-corrected chi connectivity index (χ1v) is 22.6. The number of nitrogens with zero attached hydrogens (tertiary/aromatic N) is 9. The molecule has 18 heteroatoms. The molecular formula is C45H52ClN11O6. The van der Waals surface area contributed by atoms with Gasteiger partial charge in [-0.3, -0.25) is 29.4 Å². The molecule has 0 radical (unpaired) electrons. The van der Waals surface area contributed by atoms with Crippen LogP contribution in [0.4, 0.5) is 16.3 Å². The van der Waals surface area contributed by atoms with Gasteiger partial charge in [-0.1, -0.05) is 11.6 Å². The number of amides is 6. The number of piperidine rings is 2. The highest BCUT2D eigenvalue weighted by molar-refractivity contribution is 6.31. The van der Waals surface area contributed by atoms with E-state index in [1.165, 1.54) is 0 Å². The van der Waals surface area contributed by atoms with Crippen LogP contribution in [0.15, 0.2) is 48.5 Å². The Morgan fingerprint density at radius 2 is 1.52 bits per heavy atom. The van der Waals surface area contributed by atoms with Gasteiger partial charge in [0.05, 0.1) is 34.4 Å². The molecule has 0 unspecified atom stereocenters. The van der Waals surface area contributed by atoms with Gasteiger partial charge in [-0.25, -0.2) is 9.80 Å². The third-order valence-electron chi connectivity index (χ3n) is 13.6. The lowest BCUT2D eigenvalue weighted by atomic mass is 9.93. The van der Waals surface area contributed by atoms with Gasteiger partial charge in [-0.15, -0.1) is 10.2 Å². The molecule has 1 saturated carbocycles. The Bertz CT molecular complexity index is 2280. The molecule has 5 fully saturated rings. The standard InChI is InChI=1S/C45H52ClN11O6/c46-38-26-35(5-1-30(38)27-47)63-34-6-2-31(3-7-34)48-42(59)39-9-10-40(51-50-39)55-16-11-29(12-17-55)28-52-21-23-54(24-22-52)32-13-18-53(19-14-32)33-4-8-36-37(25-33)44(61)57(43(36)60)56-20-15-41(58)49-45(56)62/h1,4-5,8-10,25-26,29,31-32,34H,2-3,6-7,11-24,28H2,(H,48,59)(H,49,58,62). The van der Waals surface area contributed by atoms with E-state index in [1.807, 2.05) is 12.1 Å². The summed E-state index contributed by atoms with van der Waals surface area (Å²) in [5.41, 5.74) is 2.18. The van der Waals surface area contributed by atoms with E-state index in [2.05, 4.69) is 46.5 Å². The van der Waals surface area contributed by atoms with E-state index in [1.54, 1.807) is 36.4 Å². The highest BCUT2D eigenvalue weighted by atomic mass is 35.5. The minimum Gasteiger partial charge on any atom is -0.490 e. The van der Waals surface area contributed by atoms with Crippen LogP contribution in [0.2, 0.25) is 5.02 Å². The number of anilines is 2. The lowest BCUT2D eigenvalue weighted by Crippen LogP contribution is -2.58. The second-order valence-corrected chi connectivity index (χ2v) is 17.9. The largest absolute Gasteiger partial charge is 0.490 e. The maximum Gasteiger partial charge on any atom is 0.343 e. The van der Waals surface area contributed by atoms with Crippen LogP contribution in [0, 0.1) is 17.2 Å². The van der Waals surface area contributed by atoms with Crippen molar-refractivity contribution in [1.82, 2.24) is 40.6 Å². The van der Waals surface area contributed by atoms with Crippen LogP contribution in [0.25, 0.3) is 0 Å². The van der Waals surface area contributed by atoms with Crippen molar-refractivity contribution in [3.63, 3.8) is 0 Å². The molecule has 6 amide bonds. The van der Waals surface area contributed by atoms with Crippen molar-refractivity contribution in [2.45, 2.75) is 76.0 Å². The summed E-state index contributed by atoms with van der Waals surface area (Å²) in [6, 6.07) is 15.9. The number of hydrazine groups is 1. The first-order chi connectivity index (χ1) is 30.6. The predicted molar refractivity (Wildman–Crippen MR) is 232 cm³/mol. The third kappa shape index (κ3) is 9.29. The minimum atomic E-state index is -0.767. The molecule has 6 aliphatic rings. The van der Waals surface area contributed by atoms with Crippen LogP contribution in [0.3, 0.4) is 0 Å². The summed E-state index contributed by atoms with van der Waals surface area (Å²) in [5, 5.41) is 25.4. The number of hydrogen-bond donors (Lipinski definition) is 2. The smallest absolute Gasteiger partial charge is 0.343 e. The van der Waals surface area contributed by atoms with Crippen LogP contribution >= 0.6 is 11.6 Å². The summed E-state index contributed by atoms with van der Waals surface area (Å²) in [6.45, 7) is 8.80. The SMILES string of the molecule is N#Cc1ccc(OC2CCC(NC(=O)c3ccc(N4CCC(CN5CCN(C6CCN(c7ccc8c(c7)C(=O)N(N7CCC(=O)NC7=O)C8=O)CC6)CC5)CC4)nn3)CC2)cc1Cl. The lowest BCUT2D eigenvalue weighted by molar-refractivity contribution is -0.122. The molecule has 0 bridgehead atoms. The zero-order valence-corrected chi connectivity index (χ0v) is 36.0. The molecule has 5 aliphatic heterocycles. The van der Waals surface area contributed by atoms with Gasteiger partial charge >= 0.3 is 6.03 Å². The first-order valence-electron chi connectivity index (χ1n) is 22.2. The fraction of sp³-hybridized carbons (Fsp3) is 0.511. The first kappa shape index (κ1) is 42.5. The summed E-state index contributed by atoms with van der Waals surface area (Å²) in [4.78, 5) is 73.3. The number of aromatic nitrogens is 2. The van der Waals surface area contributed by atoms with E-state index < -0.39 is 23.8 Å². The predicted octanol–water partition coefficient (Wildman–Crippen LogP) is 4.08. The number of piperazine rings is 1. The fourth-order valence-electron chi connectivity index (χ4n) is 9.94. The van der Waals surface area contributed by atoms with Crippen molar-refractivity contribution in [2.24, 2.45) is 5.92 Å². The summed E-state index contributed by atoms with van der Waals surface area (Å²) in [5.74, 6) is 0.336. The monoisotopic (exact) mass is 877 g/mol. The van der Waals surface area contributed by atoms with Crippen LogP contribution in [-0.4, -0.2) is 143 Å². The van der Waals surface area contributed by atoms with Crippen LogP contribution in [0.5, 0.6) is 5.75 Å². The van der Waals surface area contributed by atoms with E-state index in [0.717, 1.165) is 132 Å². The van der Waals surface area contributed by atoms with E-state index in [4.69, 9.17) is 21.6 Å². The number of ether oxygens (including phenoxy) is 1. The number of nitriles is 1.